The van der Waals surface area contributed by atoms with E-state index in [1.54, 1.807) is 24.3 Å². The number of thioether (sulfide) groups is 1. The van der Waals surface area contributed by atoms with Crippen molar-refractivity contribution in [1.82, 2.24) is 0 Å². The van der Waals surface area contributed by atoms with Crippen LogP contribution in [0.3, 0.4) is 0 Å². The Morgan fingerprint density at radius 3 is 2.41 bits per heavy atom. The standard InChI is InChI=1S/C22H18BrFN2O2S/c1-14-4-2-3-5-18(14)22(28)25-16-7-9-17(10-8-16)29-13-21(27)26-20-11-6-15(23)12-19(20)24/h2-12H,13H2,1H3,(H,25,28)(H,26,27). The summed E-state index contributed by atoms with van der Waals surface area (Å²) >= 11 is 4.50. The molecule has 0 aliphatic carbocycles. The molecule has 0 aliphatic heterocycles. The van der Waals surface area contributed by atoms with Gasteiger partial charge in [-0.3, -0.25) is 9.59 Å². The molecule has 3 aromatic carbocycles. The van der Waals surface area contributed by atoms with Crippen LogP contribution >= 0.6 is 27.7 Å². The minimum atomic E-state index is -0.494. The first-order valence-electron chi connectivity index (χ1n) is 8.77. The monoisotopic (exact) mass is 472 g/mol. The molecule has 2 amide bonds. The number of hydrogen-bond donors (Lipinski definition) is 2. The highest BCUT2D eigenvalue weighted by Crippen LogP contribution is 2.23. The molecule has 0 unspecified atom stereocenters. The Hall–Kier alpha value is -2.64. The first kappa shape index (κ1) is 21.1. The molecule has 148 valence electrons. The fourth-order valence-corrected chi connectivity index (χ4v) is 3.62. The van der Waals surface area contributed by atoms with Crippen molar-refractivity contribution in [2.45, 2.75) is 11.8 Å². The average Bonchev–Trinajstić information content (AvgIpc) is 2.70. The van der Waals surface area contributed by atoms with Gasteiger partial charge in [0.15, 0.2) is 0 Å². The lowest BCUT2D eigenvalue weighted by Crippen LogP contribution is -2.15. The van der Waals surface area contributed by atoms with Crippen LogP contribution in [0.2, 0.25) is 0 Å². The highest BCUT2D eigenvalue weighted by Gasteiger charge is 2.10. The molecule has 0 spiro atoms. The Bertz CT molecular complexity index is 1040. The molecule has 0 radical (unpaired) electrons. The second kappa shape index (κ2) is 9.71. The zero-order valence-electron chi connectivity index (χ0n) is 15.5. The summed E-state index contributed by atoms with van der Waals surface area (Å²) in [6.45, 7) is 1.89. The normalized spacial score (nSPS) is 10.4. The van der Waals surface area contributed by atoms with Gasteiger partial charge >= 0.3 is 0 Å². The zero-order chi connectivity index (χ0) is 20.8. The molecule has 0 bridgehead atoms. The fraction of sp³-hybridized carbons (Fsp3) is 0.0909. The number of hydrogen-bond acceptors (Lipinski definition) is 3. The molecule has 3 rings (SSSR count). The first-order valence-corrected chi connectivity index (χ1v) is 10.5. The van der Waals surface area contributed by atoms with Gasteiger partial charge in [-0.15, -0.1) is 11.8 Å². The molecule has 0 atom stereocenters. The quantitative estimate of drug-likeness (QED) is 0.440. The molecule has 3 aromatic rings. The minimum absolute atomic E-state index is 0.143. The molecule has 2 N–H and O–H groups in total. The molecule has 4 nitrogen and oxygen atoms in total. The van der Waals surface area contributed by atoms with E-state index in [1.165, 1.54) is 23.9 Å². The second-order valence-electron chi connectivity index (χ2n) is 6.25. The fourth-order valence-electron chi connectivity index (χ4n) is 2.59. The van der Waals surface area contributed by atoms with Crippen molar-refractivity contribution in [3.05, 3.63) is 88.1 Å². The number of carbonyl (C=O) groups is 2. The van der Waals surface area contributed by atoms with E-state index in [1.807, 2.05) is 37.3 Å². The van der Waals surface area contributed by atoms with Crippen molar-refractivity contribution < 1.29 is 14.0 Å². The van der Waals surface area contributed by atoms with Crippen LogP contribution in [0, 0.1) is 12.7 Å². The van der Waals surface area contributed by atoms with Crippen LogP contribution in [-0.4, -0.2) is 17.6 Å². The van der Waals surface area contributed by atoms with Crippen molar-refractivity contribution in [1.29, 1.82) is 0 Å². The van der Waals surface area contributed by atoms with E-state index in [-0.39, 0.29) is 23.3 Å². The molecule has 29 heavy (non-hydrogen) atoms. The Kier molecular flexibility index (Phi) is 7.06. The molecule has 7 heteroatoms. The number of halogens is 2. The van der Waals surface area contributed by atoms with E-state index in [9.17, 15) is 14.0 Å². The first-order chi connectivity index (χ1) is 13.9. The summed E-state index contributed by atoms with van der Waals surface area (Å²) in [5, 5.41) is 5.42. The largest absolute Gasteiger partial charge is 0.323 e. The molecule has 0 saturated carbocycles. The topological polar surface area (TPSA) is 58.2 Å². The van der Waals surface area contributed by atoms with E-state index in [4.69, 9.17) is 0 Å². The lowest BCUT2D eigenvalue weighted by molar-refractivity contribution is -0.113. The molecule has 0 aliphatic rings. The number of benzene rings is 3. The van der Waals surface area contributed by atoms with Gasteiger partial charge in [-0.2, -0.15) is 0 Å². The van der Waals surface area contributed by atoms with Gasteiger partial charge in [0.05, 0.1) is 11.4 Å². The molecule has 0 aromatic heterocycles. The minimum Gasteiger partial charge on any atom is -0.323 e. The van der Waals surface area contributed by atoms with Crippen molar-refractivity contribution in [3.63, 3.8) is 0 Å². The van der Waals surface area contributed by atoms with Crippen LogP contribution in [0.5, 0.6) is 0 Å². The van der Waals surface area contributed by atoms with Crippen LogP contribution in [0.1, 0.15) is 15.9 Å². The Labute approximate surface area is 181 Å². The predicted molar refractivity (Wildman–Crippen MR) is 119 cm³/mol. The van der Waals surface area contributed by atoms with Gasteiger partial charge in [0.2, 0.25) is 5.91 Å². The highest BCUT2D eigenvalue weighted by molar-refractivity contribution is 9.10. The van der Waals surface area contributed by atoms with E-state index < -0.39 is 5.82 Å². The Balaban J connectivity index is 1.53. The third-order valence-electron chi connectivity index (χ3n) is 4.08. The van der Waals surface area contributed by atoms with Crippen molar-refractivity contribution >= 4 is 50.9 Å². The Morgan fingerprint density at radius 1 is 1.00 bits per heavy atom. The maximum absolute atomic E-state index is 13.8. The van der Waals surface area contributed by atoms with E-state index >= 15 is 0 Å². The number of rotatable bonds is 6. The zero-order valence-corrected chi connectivity index (χ0v) is 17.9. The summed E-state index contributed by atoms with van der Waals surface area (Å²) in [5.74, 6) is -0.816. The van der Waals surface area contributed by atoms with Gasteiger partial charge in [0.25, 0.3) is 5.91 Å². The lowest BCUT2D eigenvalue weighted by atomic mass is 10.1. The summed E-state index contributed by atoms with van der Waals surface area (Å²) in [6, 6.07) is 19.1. The van der Waals surface area contributed by atoms with Gasteiger partial charge < -0.3 is 10.6 Å². The van der Waals surface area contributed by atoms with Crippen molar-refractivity contribution in [2.75, 3.05) is 16.4 Å². The third-order valence-corrected chi connectivity index (χ3v) is 5.58. The second-order valence-corrected chi connectivity index (χ2v) is 8.22. The molecule has 0 saturated heterocycles. The summed E-state index contributed by atoms with van der Waals surface area (Å²) in [5.41, 5.74) is 2.35. The van der Waals surface area contributed by atoms with Crippen molar-refractivity contribution in [2.24, 2.45) is 0 Å². The maximum atomic E-state index is 13.8. The van der Waals surface area contributed by atoms with Crippen LogP contribution < -0.4 is 10.6 Å². The number of carbonyl (C=O) groups excluding carboxylic acids is 2. The SMILES string of the molecule is Cc1ccccc1C(=O)Nc1ccc(SCC(=O)Nc2ccc(Br)cc2F)cc1. The summed E-state index contributed by atoms with van der Waals surface area (Å²) in [4.78, 5) is 25.3. The smallest absolute Gasteiger partial charge is 0.255 e. The van der Waals surface area contributed by atoms with E-state index in [0.29, 0.717) is 15.7 Å². The maximum Gasteiger partial charge on any atom is 0.255 e. The van der Waals surface area contributed by atoms with Crippen molar-refractivity contribution in [3.8, 4) is 0 Å². The van der Waals surface area contributed by atoms with Gasteiger partial charge in [-0.25, -0.2) is 4.39 Å². The van der Waals surface area contributed by atoms with Gasteiger partial charge in [0.1, 0.15) is 5.82 Å². The van der Waals surface area contributed by atoms with E-state index in [2.05, 4.69) is 26.6 Å². The number of aryl methyl sites for hydroxylation is 1. The highest BCUT2D eigenvalue weighted by atomic mass is 79.9. The van der Waals surface area contributed by atoms with Gasteiger partial charge in [-0.1, -0.05) is 34.1 Å². The van der Waals surface area contributed by atoms with Crippen LogP contribution in [-0.2, 0) is 4.79 Å². The Morgan fingerprint density at radius 2 is 1.72 bits per heavy atom. The summed E-state index contributed by atoms with van der Waals surface area (Å²) < 4.78 is 14.4. The summed E-state index contributed by atoms with van der Waals surface area (Å²) in [7, 11) is 0. The van der Waals surface area contributed by atoms with E-state index in [0.717, 1.165) is 10.5 Å². The number of anilines is 2. The van der Waals surface area contributed by atoms with Crippen LogP contribution in [0.4, 0.5) is 15.8 Å². The van der Waals surface area contributed by atoms with Gasteiger partial charge in [-0.05, 0) is 61.0 Å². The molecule has 0 heterocycles. The number of nitrogens with one attached hydrogen (secondary N) is 2. The number of amides is 2. The molecule has 0 fully saturated rings. The predicted octanol–water partition coefficient (Wildman–Crippen LogP) is 5.88. The van der Waals surface area contributed by atoms with Crippen LogP contribution in [0.25, 0.3) is 0 Å². The lowest BCUT2D eigenvalue weighted by Gasteiger charge is -2.09. The molecular formula is C22H18BrFN2O2S. The third kappa shape index (κ3) is 5.92. The summed E-state index contributed by atoms with van der Waals surface area (Å²) in [6.07, 6.45) is 0. The average molecular weight is 473 g/mol. The van der Waals surface area contributed by atoms with Gasteiger partial charge in [0, 0.05) is 20.6 Å². The molecular weight excluding hydrogens is 455 g/mol. The van der Waals surface area contributed by atoms with Crippen LogP contribution in [0.15, 0.2) is 76.1 Å².